The molecule has 8 heterocycles. The molecule has 366 valence electrons. The number of nitrogens with zero attached hydrogens (tertiary/aromatic N) is 5. The van der Waals surface area contributed by atoms with E-state index in [4.69, 9.17) is 4.42 Å². The zero-order valence-corrected chi connectivity index (χ0v) is 43.0. The van der Waals surface area contributed by atoms with Gasteiger partial charge in [-0.05, 0) is 124 Å². The lowest BCUT2D eigenvalue weighted by atomic mass is 9.29. The van der Waals surface area contributed by atoms with Crippen LogP contribution in [0.2, 0.25) is 0 Å². The average molecular weight is 1010 g/mol. The third-order valence-corrected chi connectivity index (χ3v) is 18.5. The van der Waals surface area contributed by atoms with Crippen LogP contribution in [-0.2, 0) is 0 Å². The molecule has 0 saturated heterocycles. The summed E-state index contributed by atoms with van der Waals surface area (Å²) in [6, 6.07) is 92.9. The predicted octanol–water partition coefficient (Wildman–Crippen LogP) is 14.1. The number of furan rings is 1. The Hall–Kier alpha value is -10.4. The Bertz CT molecular complexity index is 5370. The molecule has 0 atom stereocenters. The minimum atomic E-state index is -0.129. The van der Waals surface area contributed by atoms with Crippen molar-refractivity contribution in [3.8, 4) is 17.1 Å². The quantitative estimate of drug-likeness (QED) is 0.165. The van der Waals surface area contributed by atoms with Gasteiger partial charge in [0.15, 0.2) is 0 Å². The fraction of sp³-hybridized carbons (Fsp3) is 0. The molecule has 4 aliphatic rings. The molecule has 4 aromatic heterocycles. The van der Waals surface area contributed by atoms with Gasteiger partial charge in [0.05, 0.1) is 27.6 Å². The first-order valence-electron chi connectivity index (χ1n) is 27.8. The van der Waals surface area contributed by atoms with E-state index in [9.17, 15) is 0 Å². The first-order valence-corrected chi connectivity index (χ1v) is 27.8. The first-order chi connectivity index (χ1) is 39.7. The SMILES string of the molecule is c1ccc(N2c3cc(-n4c5ccccc5c5ccccc54)ccc3B3c4c2cc2c5c4-n4c6c3cccc6c3c6c(cc(c34)B5c3ccc(-n4c5ccccc5c5ccccc54)cc3N2c2ccccc2)oc2ccccc26)cc1. The van der Waals surface area contributed by atoms with E-state index in [1.165, 1.54) is 126 Å². The summed E-state index contributed by atoms with van der Waals surface area (Å²) in [5, 5.41) is 9.84. The second-order valence-corrected chi connectivity index (χ2v) is 22.3. The summed E-state index contributed by atoms with van der Waals surface area (Å²) in [5.74, 6) is 0. The Morgan fingerprint density at radius 2 is 0.738 bits per heavy atom. The van der Waals surface area contributed by atoms with Gasteiger partial charge in [0.2, 0.25) is 0 Å². The van der Waals surface area contributed by atoms with Gasteiger partial charge in [-0.2, -0.15) is 0 Å². The number of hydrogen-bond acceptors (Lipinski definition) is 3. The summed E-state index contributed by atoms with van der Waals surface area (Å²) in [4.78, 5) is 5.17. The Balaban J connectivity index is 0.962. The van der Waals surface area contributed by atoms with E-state index in [0.29, 0.717) is 0 Å². The van der Waals surface area contributed by atoms with Crippen molar-refractivity contribution in [2.45, 2.75) is 0 Å². The van der Waals surface area contributed by atoms with Crippen LogP contribution in [0.5, 0.6) is 0 Å². The highest BCUT2D eigenvalue weighted by molar-refractivity contribution is 7.04. The van der Waals surface area contributed by atoms with E-state index < -0.39 is 0 Å². The molecule has 80 heavy (non-hydrogen) atoms. The molecule has 20 rings (SSSR count). The number of rotatable bonds is 4. The molecule has 0 N–H and O–H groups in total. The van der Waals surface area contributed by atoms with Crippen LogP contribution < -0.4 is 42.6 Å². The van der Waals surface area contributed by atoms with Crippen LogP contribution in [0.15, 0.2) is 253 Å². The van der Waals surface area contributed by atoms with E-state index in [1.54, 1.807) is 0 Å². The number of aromatic nitrogens is 3. The third kappa shape index (κ3) is 5.01. The highest BCUT2D eigenvalue weighted by Gasteiger charge is 2.51. The molecule has 0 aliphatic carbocycles. The van der Waals surface area contributed by atoms with Gasteiger partial charge in [0, 0.05) is 99.8 Å². The number of benzene rings is 12. The molecule has 0 radical (unpaired) electrons. The topological polar surface area (TPSA) is 34.4 Å². The lowest BCUT2D eigenvalue weighted by molar-refractivity contribution is 0.669. The van der Waals surface area contributed by atoms with E-state index in [2.05, 4.69) is 272 Å². The summed E-state index contributed by atoms with van der Waals surface area (Å²) >= 11 is 0. The minimum absolute atomic E-state index is 0.0731. The van der Waals surface area contributed by atoms with E-state index >= 15 is 0 Å². The van der Waals surface area contributed by atoms with Gasteiger partial charge in [-0.15, -0.1) is 0 Å². The van der Waals surface area contributed by atoms with Gasteiger partial charge in [-0.25, -0.2) is 0 Å². The Morgan fingerprint density at radius 1 is 0.275 bits per heavy atom. The van der Waals surface area contributed by atoms with Gasteiger partial charge in [0.25, 0.3) is 13.4 Å². The molecule has 8 heteroatoms. The van der Waals surface area contributed by atoms with Crippen LogP contribution in [0.4, 0.5) is 34.1 Å². The van der Waals surface area contributed by atoms with Gasteiger partial charge < -0.3 is 27.9 Å². The number of fused-ring (bicyclic) bond motifs is 17. The van der Waals surface area contributed by atoms with Crippen molar-refractivity contribution in [2.24, 2.45) is 0 Å². The molecule has 0 amide bonds. The van der Waals surface area contributed by atoms with Crippen molar-refractivity contribution in [3.63, 3.8) is 0 Å². The van der Waals surface area contributed by atoms with Crippen LogP contribution in [0.1, 0.15) is 0 Å². The highest BCUT2D eigenvalue weighted by atomic mass is 16.3. The fourth-order valence-corrected chi connectivity index (χ4v) is 15.6. The summed E-state index contributed by atoms with van der Waals surface area (Å²) in [6.45, 7) is -0.202. The summed E-state index contributed by atoms with van der Waals surface area (Å²) in [6.07, 6.45) is 0. The van der Waals surface area contributed by atoms with Crippen LogP contribution in [-0.4, -0.2) is 27.1 Å². The number of hydrogen-bond donors (Lipinski definition) is 0. The second kappa shape index (κ2) is 14.8. The largest absolute Gasteiger partial charge is 0.456 e. The minimum Gasteiger partial charge on any atom is -0.456 e. The summed E-state index contributed by atoms with van der Waals surface area (Å²) < 4.78 is 14.7. The van der Waals surface area contributed by atoms with Crippen molar-refractivity contribution in [2.75, 3.05) is 9.80 Å². The standard InChI is InChI=1S/C72H41B2N5O/c1-3-18-42(19-4-1)75-60-38-44(77-56-29-12-7-22-46(56)47-23-8-13-30-57(47)77)34-36-52(60)73-54-28-17-27-51-67-66-50-26-11-16-33-64(50)80-65(66)40-55-71(67)79(70(51)54)72-68(73)62(75)41-63-69(72)74(55)53-37-35-45(39-61(53)76(63)43-20-5-2-6-21-43)78-58-31-14-9-24-48(58)49-25-10-15-32-59(49)78/h1-41H. The molecule has 12 aromatic carbocycles. The van der Waals surface area contributed by atoms with Crippen LogP contribution >= 0.6 is 0 Å². The van der Waals surface area contributed by atoms with Crippen molar-refractivity contribution in [1.29, 1.82) is 0 Å². The van der Waals surface area contributed by atoms with Crippen LogP contribution in [0.25, 0.3) is 104 Å². The molecule has 0 unspecified atom stereocenters. The third-order valence-electron chi connectivity index (χ3n) is 18.5. The zero-order valence-electron chi connectivity index (χ0n) is 43.0. The first kappa shape index (κ1) is 41.7. The number of anilines is 6. The number of para-hydroxylation sites is 8. The lowest BCUT2D eigenvalue weighted by Crippen LogP contribution is -2.67. The predicted molar refractivity (Wildman–Crippen MR) is 335 cm³/mol. The van der Waals surface area contributed by atoms with Gasteiger partial charge >= 0.3 is 0 Å². The van der Waals surface area contributed by atoms with Crippen LogP contribution in [0, 0.1) is 0 Å². The lowest BCUT2D eigenvalue weighted by Gasteiger charge is -2.46. The van der Waals surface area contributed by atoms with Crippen LogP contribution in [0.3, 0.4) is 0 Å². The van der Waals surface area contributed by atoms with E-state index in [1.807, 2.05) is 0 Å². The van der Waals surface area contributed by atoms with Crippen molar-refractivity contribution in [3.05, 3.63) is 249 Å². The Morgan fingerprint density at radius 3 is 1.27 bits per heavy atom. The molecular weight excluding hydrogens is 972 g/mol. The molecule has 0 saturated carbocycles. The van der Waals surface area contributed by atoms with Crippen molar-refractivity contribution in [1.82, 2.24) is 13.7 Å². The molecule has 6 nitrogen and oxygen atoms in total. The maximum absolute atomic E-state index is 7.03. The smallest absolute Gasteiger partial charge is 0.252 e. The molecule has 0 bridgehead atoms. The summed E-state index contributed by atoms with van der Waals surface area (Å²) in [7, 11) is 0. The van der Waals surface area contributed by atoms with E-state index in [-0.39, 0.29) is 13.4 Å². The zero-order chi connectivity index (χ0) is 51.6. The van der Waals surface area contributed by atoms with E-state index in [0.717, 1.165) is 45.0 Å². The monoisotopic (exact) mass is 1010 g/mol. The molecule has 0 fully saturated rings. The Labute approximate surface area is 458 Å². The van der Waals surface area contributed by atoms with Crippen molar-refractivity contribution < 1.29 is 4.42 Å². The van der Waals surface area contributed by atoms with Gasteiger partial charge in [-0.3, -0.25) is 0 Å². The Kier molecular flexibility index (Phi) is 7.70. The maximum atomic E-state index is 7.03. The van der Waals surface area contributed by atoms with Gasteiger partial charge in [0.1, 0.15) is 11.2 Å². The summed E-state index contributed by atoms with van der Waals surface area (Å²) in [5.41, 5.74) is 27.4. The van der Waals surface area contributed by atoms with Crippen molar-refractivity contribution >= 4 is 168 Å². The van der Waals surface area contributed by atoms with Gasteiger partial charge in [-0.1, -0.05) is 158 Å². The molecular formula is C72H41B2N5O. The normalized spacial score (nSPS) is 13.7. The average Bonchev–Trinajstić information content (AvgIpc) is 3.86. The fourth-order valence-electron chi connectivity index (χ4n) is 15.6. The molecule has 0 spiro atoms. The second-order valence-electron chi connectivity index (χ2n) is 22.3. The molecule has 16 aromatic rings. The maximum Gasteiger partial charge on any atom is 0.252 e. The molecule has 4 aliphatic heterocycles. The highest BCUT2D eigenvalue weighted by Crippen LogP contribution is 2.50.